The van der Waals surface area contributed by atoms with Crippen LogP contribution in [0.25, 0.3) is 11.3 Å². The molecule has 0 unspecified atom stereocenters. The van der Waals surface area contributed by atoms with Gasteiger partial charge in [0.2, 0.25) is 0 Å². The third kappa shape index (κ3) is 1.79. The van der Waals surface area contributed by atoms with Gasteiger partial charge < -0.3 is 5.73 Å². The normalized spacial score (nSPS) is 10.3. The zero-order chi connectivity index (χ0) is 11.5. The van der Waals surface area contributed by atoms with Crippen molar-refractivity contribution < 1.29 is 4.79 Å². The van der Waals surface area contributed by atoms with Gasteiger partial charge in [0.15, 0.2) is 5.69 Å². The number of nitrogens with two attached hydrogens (primary N) is 1. The minimum absolute atomic E-state index is 0.171. The molecule has 0 fully saturated rings. The molecule has 0 saturated carbocycles. The molecule has 0 spiro atoms. The number of H-pyrrole nitrogens is 1. The smallest absolute Gasteiger partial charge is 0.271 e. The van der Waals surface area contributed by atoms with Crippen LogP contribution in [0, 0.1) is 0 Å². The number of nitrogens with zero attached hydrogens (tertiary/aromatic N) is 2. The molecule has 0 bridgehead atoms. The topological polar surface area (TPSA) is 84.7 Å². The first-order valence-electron chi connectivity index (χ1n) is 5.02. The average molecular weight is 216 g/mol. The molecule has 0 radical (unpaired) electrons. The van der Waals surface area contributed by atoms with E-state index in [0.717, 1.165) is 12.0 Å². The molecule has 0 aliphatic heterocycles. The highest BCUT2D eigenvalue weighted by Crippen LogP contribution is 2.19. The fourth-order valence-corrected chi connectivity index (χ4v) is 1.50. The molecular formula is C11H12N4O. The Kier molecular flexibility index (Phi) is 2.68. The predicted molar refractivity (Wildman–Crippen MR) is 59.7 cm³/mol. The molecule has 2 aromatic rings. The van der Waals surface area contributed by atoms with Gasteiger partial charge >= 0.3 is 0 Å². The largest absolute Gasteiger partial charge is 0.364 e. The maximum absolute atomic E-state index is 11.1. The number of nitrogens with one attached hydrogen (secondary N) is 1. The second kappa shape index (κ2) is 4.14. The summed E-state index contributed by atoms with van der Waals surface area (Å²) in [6.07, 6.45) is 0.974. The lowest BCUT2D eigenvalue weighted by molar-refractivity contribution is 0.0996. The molecule has 5 heteroatoms. The standard InChI is InChI=1S/C11H12N4O/c1-2-7-3-5-8(6-4-7)9-10(11(12)16)14-15-13-9/h3-6H,2H2,1H3,(H2,12,16)(H,13,14,15). The van der Waals surface area contributed by atoms with Gasteiger partial charge in [-0.25, -0.2) is 0 Å². The van der Waals surface area contributed by atoms with E-state index in [2.05, 4.69) is 22.3 Å². The summed E-state index contributed by atoms with van der Waals surface area (Å²) in [7, 11) is 0. The molecule has 1 heterocycles. The van der Waals surface area contributed by atoms with Crippen molar-refractivity contribution in [1.82, 2.24) is 15.4 Å². The minimum Gasteiger partial charge on any atom is -0.364 e. The summed E-state index contributed by atoms with van der Waals surface area (Å²) in [4.78, 5) is 11.1. The van der Waals surface area contributed by atoms with Crippen LogP contribution in [-0.2, 0) is 6.42 Å². The van der Waals surface area contributed by atoms with Gasteiger partial charge in [-0.3, -0.25) is 4.79 Å². The Morgan fingerprint density at radius 2 is 2.00 bits per heavy atom. The number of primary amides is 1. The molecular weight excluding hydrogens is 204 g/mol. The molecule has 1 aromatic heterocycles. The molecule has 82 valence electrons. The van der Waals surface area contributed by atoms with Crippen LogP contribution >= 0.6 is 0 Å². The lowest BCUT2D eigenvalue weighted by atomic mass is 10.1. The highest BCUT2D eigenvalue weighted by atomic mass is 16.1. The maximum Gasteiger partial charge on any atom is 0.271 e. The van der Waals surface area contributed by atoms with Crippen LogP contribution in [0.5, 0.6) is 0 Å². The SMILES string of the molecule is CCc1ccc(-c2n[nH]nc2C(N)=O)cc1. The number of rotatable bonds is 3. The van der Waals surface area contributed by atoms with Crippen LogP contribution in [0.3, 0.4) is 0 Å². The highest BCUT2D eigenvalue weighted by Gasteiger charge is 2.14. The number of amides is 1. The number of hydrogen-bond donors (Lipinski definition) is 2. The molecule has 5 nitrogen and oxygen atoms in total. The summed E-state index contributed by atoms with van der Waals surface area (Å²) in [5.74, 6) is -0.580. The lowest BCUT2D eigenvalue weighted by Gasteiger charge is -2.00. The number of carbonyl (C=O) groups is 1. The van der Waals surface area contributed by atoms with E-state index in [1.54, 1.807) is 0 Å². The third-order valence-corrected chi connectivity index (χ3v) is 2.42. The molecule has 0 saturated heterocycles. The van der Waals surface area contributed by atoms with Gasteiger partial charge in [0.25, 0.3) is 5.91 Å². The van der Waals surface area contributed by atoms with Crippen molar-refractivity contribution in [2.24, 2.45) is 5.73 Å². The van der Waals surface area contributed by atoms with E-state index in [-0.39, 0.29) is 5.69 Å². The van der Waals surface area contributed by atoms with Crippen LogP contribution in [-0.4, -0.2) is 21.3 Å². The Morgan fingerprint density at radius 3 is 2.56 bits per heavy atom. The van der Waals surface area contributed by atoms with Gasteiger partial charge in [-0.2, -0.15) is 15.4 Å². The van der Waals surface area contributed by atoms with E-state index in [4.69, 9.17) is 5.73 Å². The van der Waals surface area contributed by atoms with Crippen molar-refractivity contribution in [3.63, 3.8) is 0 Å². The summed E-state index contributed by atoms with van der Waals surface area (Å²) in [6.45, 7) is 2.08. The molecule has 2 rings (SSSR count). The van der Waals surface area contributed by atoms with Crippen LogP contribution in [0.2, 0.25) is 0 Å². The van der Waals surface area contributed by atoms with Crippen molar-refractivity contribution >= 4 is 5.91 Å². The minimum atomic E-state index is -0.580. The van der Waals surface area contributed by atoms with E-state index < -0.39 is 5.91 Å². The highest BCUT2D eigenvalue weighted by molar-refractivity contribution is 5.96. The van der Waals surface area contributed by atoms with Crippen molar-refractivity contribution in [2.75, 3.05) is 0 Å². The Labute approximate surface area is 92.7 Å². The molecule has 0 atom stereocenters. The Hall–Kier alpha value is -2.17. The van der Waals surface area contributed by atoms with Crippen LogP contribution in [0.15, 0.2) is 24.3 Å². The van der Waals surface area contributed by atoms with Gasteiger partial charge in [0.1, 0.15) is 5.69 Å². The number of hydrogen-bond acceptors (Lipinski definition) is 3. The van der Waals surface area contributed by atoms with Gasteiger partial charge in [-0.05, 0) is 12.0 Å². The average Bonchev–Trinajstić information content (AvgIpc) is 2.78. The van der Waals surface area contributed by atoms with Crippen LogP contribution < -0.4 is 5.73 Å². The zero-order valence-electron chi connectivity index (χ0n) is 8.90. The Bertz CT molecular complexity index is 501. The Balaban J connectivity index is 2.42. The van der Waals surface area contributed by atoms with Gasteiger partial charge in [0.05, 0.1) is 0 Å². The molecule has 3 N–H and O–H groups in total. The molecule has 1 amide bonds. The van der Waals surface area contributed by atoms with E-state index in [1.165, 1.54) is 5.56 Å². The second-order valence-electron chi connectivity index (χ2n) is 3.44. The second-order valence-corrected chi connectivity index (χ2v) is 3.44. The molecule has 0 aliphatic rings. The first kappa shape index (κ1) is 10.4. The quantitative estimate of drug-likeness (QED) is 0.806. The van der Waals surface area contributed by atoms with Gasteiger partial charge in [0, 0.05) is 5.56 Å². The molecule has 16 heavy (non-hydrogen) atoms. The fourth-order valence-electron chi connectivity index (χ4n) is 1.50. The van der Waals surface area contributed by atoms with E-state index in [0.29, 0.717) is 5.69 Å². The monoisotopic (exact) mass is 216 g/mol. The Morgan fingerprint density at radius 1 is 1.31 bits per heavy atom. The van der Waals surface area contributed by atoms with Crippen molar-refractivity contribution in [2.45, 2.75) is 13.3 Å². The zero-order valence-corrected chi connectivity index (χ0v) is 8.90. The summed E-state index contributed by atoms with van der Waals surface area (Å²) in [5.41, 5.74) is 7.92. The molecule has 1 aromatic carbocycles. The number of benzene rings is 1. The summed E-state index contributed by atoms with van der Waals surface area (Å²) in [6, 6.07) is 7.80. The maximum atomic E-state index is 11.1. The summed E-state index contributed by atoms with van der Waals surface area (Å²) < 4.78 is 0. The lowest BCUT2D eigenvalue weighted by Crippen LogP contribution is -2.12. The summed E-state index contributed by atoms with van der Waals surface area (Å²) >= 11 is 0. The van der Waals surface area contributed by atoms with Crippen LogP contribution in [0.1, 0.15) is 23.0 Å². The van der Waals surface area contributed by atoms with Gasteiger partial charge in [-0.1, -0.05) is 31.2 Å². The predicted octanol–water partition coefficient (Wildman–Crippen LogP) is 1.13. The van der Waals surface area contributed by atoms with E-state index in [1.807, 2.05) is 24.3 Å². The first-order valence-corrected chi connectivity index (χ1v) is 5.02. The van der Waals surface area contributed by atoms with Crippen molar-refractivity contribution in [1.29, 1.82) is 0 Å². The van der Waals surface area contributed by atoms with Crippen molar-refractivity contribution in [3.05, 3.63) is 35.5 Å². The number of aromatic nitrogens is 3. The first-order chi connectivity index (χ1) is 7.72. The molecule has 0 aliphatic carbocycles. The number of aryl methyl sites for hydroxylation is 1. The van der Waals surface area contributed by atoms with E-state index >= 15 is 0 Å². The number of aromatic amines is 1. The van der Waals surface area contributed by atoms with Crippen LogP contribution in [0.4, 0.5) is 0 Å². The van der Waals surface area contributed by atoms with E-state index in [9.17, 15) is 4.79 Å². The fraction of sp³-hybridized carbons (Fsp3) is 0.182. The summed E-state index contributed by atoms with van der Waals surface area (Å²) in [5, 5.41) is 10.1. The number of carbonyl (C=O) groups excluding carboxylic acids is 1. The third-order valence-electron chi connectivity index (χ3n) is 2.42. The van der Waals surface area contributed by atoms with Crippen molar-refractivity contribution in [3.8, 4) is 11.3 Å². The van der Waals surface area contributed by atoms with Gasteiger partial charge in [-0.15, -0.1) is 0 Å².